The van der Waals surface area contributed by atoms with E-state index < -0.39 is 0 Å². The van der Waals surface area contributed by atoms with E-state index in [0.717, 1.165) is 18.7 Å². The molecule has 0 amide bonds. The summed E-state index contributed by atoms with van der Waals surface area (Å²) in [5, 5.41) is 8.46. The lowest BCUT2D eigenvalue weighted by Crippen LogP contribution is -2.09. The molecule has 14 heavy (non-hydrogen) atoms. The first-order valence-corrected chi connectivity index (χ1v) is 5.67. The van der Waals surface area contributed by atoms with E-state index in [2.05, 4.69) is 31.0 Å². The van der Waals surface area contributed by atoms with E-state index in [-0.39, 0.29) is 0 Å². The van der Waals surface area contributed by atoms with Crippen molar-refractivity contribution in [1.29, 1.82) is 0 Å². The second-order valence-electron chi connectivity index (χ2n) is 3.60. The Bertz CT molecular complexity index is 283. The van der Waals surface area contributed by atoms with Gasteiger partial charge in [0.25, 0.3) is 0 Å². The third kappa shape index (κ3) is 2.47. The summed E-state index contributed by atoms with van der Waals surface area (Å²) in [5.74, 6) is 0.985. The minimum atomic E-state index is 0.410. The number of halogens is 1. The molecule has 3 nitrogen and oxygen atoms in total. The first-order chi connectivity index (χ1) is 6.70. The van der Waals surface area contributed by atoms with Gasteiger partial charge in [-0.3, -0.25) is 4.57 Å². The lowest BCUT2D eigenvalue weighted by Gasteiger charge is -2.15. The SMILES string of the molecule is CCCCC(C)n1c(Cl)nnc1CC. The largest absolute Gasteiger partial charge is 0.299 e. The summed E-state index contributed by atoms with van der Waals surface area (Å²) in [6.07, 6.45) is 4.46. The Kier molecular flexibility index (Phi) is 4.39. The van der Waals surface area contributed by atoms with Gasteiger partial charge in [0.05, 0.1) is 0 Å². The Morgan fingerprint density at radius 2 is 2.07 bits per heavy atom. The molecule has 0 saturated heterocycles. The van der Waals surface area contributed by atoms with Gasteiger partial charge < -0.3 is 0 Å². The van der Waals surface area contributed by atoms with Crippen LogP contribution in [-0.2, 0) is 6.42 Å². The van der Waals surface area contributed by atoms with E-state index in [1.54, 1.807) is 0 Å². The van der Waals surface area contributed by atoms with Gasteiger partial charge in [-0.05, 0) is 24.9 Å². The van der Waals surface area contributed by atoms with E-state index in [9.17, 15) is 0 Å². The van der Waals surface area contributed by atoms with E-state index in [1.807, 2.05) is 4.57 Å². The molecule has 1 unspecified atom stereocenters. The van der Waals surface area contributed by atoms with Crippen LogP contribution < -0.4 is 0 Å². The van der Waals surface area contributed by atoms with Crippen LogP contribution in [0.3, 0.4) is 0 Å². The summed E-state index contributed by atoms with van der Waals surface area (Å²) < 4.78 is 2.04. The number of unbranched alkanes of at least 4 members (excludes halogenated alkanes) is 1. The molecule has 1 aromatic heterocycles. The zero-order chi connectivity index (χ0) is 10.6. The normalized spacial score (nSPS) is 13.1. The van der Waals surface area contributed by atoms with Crippen LogP contribution >= 0.6 is 11.6 Å². The van der Waals surface area contributed by atoms with Gasteiger partial charge in [0.15, 0.2) is 0 Å². The molecule has 0 spiro atoms. The fourth-order valence-corrected chi connectivity index (χ4v) is 1.91. The summed E-state index contributed by atoms with van der Waals surface area (Å²) in [5.41, 5.74) is 0. The Morgan fingerprint density at radius 3 is 2.64 bits per heavy atom. The quantitative estimate of drug-likeness (QED) is 0.755. The number of rotatable bonds is 5. The van der Waals surface area contributed by atoms with Crippen molar-refractivity contribution in [3.63, 3.8) is 0 Å². The molecule has 0 N–H and O–H groups in total. The third-order valence-corrected chi connectivity index (χ3v) is 2.71. The van der Waals surface area contributed by atoms with Crippen molar-refractivity contribution in [2.75, 3.05) is 0 Å². The number of aryl methyl sites for hydroxylation is 1. The van der Waals surface area contributed by atoms with Crippen LogP contribution in [0.15, 0.2) is 0 Å². The van der Waals surface area contributed by atoms with Crippen molar-refractivity contribution in [3.05, 3.63) is 11.1 Å². The minimum Gasteiger partial charge on any atom is -0.299 e. The lowest BCUT2D eigenvalue weighted by molar-refractivity contribution is 0.471. The van der Waals surface area contributed by atoms with E-state index in [4.69, 9.17) is 11.6 Å². The third-order valence-electron chi connectivity index (χ3n) is 2.46. The Morgan fingerprint density at radius 1 is 1.36 bits per heavy atom. The number of hydrogen-bond acceptors (Lipinski definition) is 2. The molecule has 0 saturated carbocycles. The maximum absolute atomic E-state index is 5.99. The lowest BCUT2D eigenvalue weighted by atomic mass is 10.1. The molecule has 80 valence electrons. The van der Waals surface area contributed by atoms with Crippen LogP contribution in [0, 0.1) is 0 Å². The maximum atomic E-state index is 5.99. The van der Waals surface area contributed by atoms with Gasteiger partial charge in [0, 0.05) is 12.5 Å². The second kappa shape index (κ2) is 5.35. The zero-order valence-corrected chi connectivity index (χ0v) is 9.88. The molecule has 0 aliphatic rings. The zero-order valence-electron chi connectivity index (χ0n) is 9.13. The molecule has 0 bridgehead atoms. The van der Waals surface area contributed by atoms with Gasteiger partial charge in [-0.25, -0.2) is 0 Å². The van der Waals surface area contributed by atoms with Crippen molar-refractivity contribution in [2.24, 2.45) is 0 Å². The average molecular weight is 216 g/mol. The van der Waals surface area contributed by atoms with Crippen LogP contribution in [0.25, 0.3) is 0 Å². The molecule has 0 aliphatic carbocycles. The van der Waals surface area contributed by atoms with Crippen molar-refractivity contribution < 1.29 is 0 Å². The molecular formula is C10H18ClN3. The van der Waals surface area contributed by atoms with Crippen LogP contribution in [-0.4, -0.2) is 14.8 Å². The fraction of sp³-hybridized carbons (Fsp3) is 0.800. The van der Waals surface area contributed by atoms with Gasteiger partial charge in [-0.2, -0.15) is 0 Å². The number of aromatic nitrogens is 3. The van der Waals surface area contributed by atoms with Gasteiger partial charge >= 0.3 is 0 Å². The fourth-order valence-electron chi connectivity index (χ4n) is 1.61. The second-order valence-corrected chi connectivity index (χ2v) is 3.94. The topological polar surface area (TPSA) is 30.7 Å². The van der Waals surface area contributed by atoms with E-state index >= 15 is 0 Å². The van der Waals surface area contributed by atoms with Gasteiger partial charge in [-0.1, -0.05) is 26.7 Å². The van der Waals surface area contributed by atoms with E-state index in [1.165, 1.54) is 12.8 Å². The molecule has 1 heterocycles. The van der Waals surface area contributed by atoms with Gasteiger partial charge in [0.2, 0.25) is 5.28 Å². The molecule has 1 aromatic rings. The van der Waals surface area contributed by atoms with Gasteiger partial charge in [-0.15, -0.1) is 10.2 Å². The van der Waals surface area contributed by atoms with Crippen LogP contribution in [0.5, 0.6) is 0 Å². The molecule has 0 aliphatic heterocycles. The molecule has 1 atom stereocenters. The van der Waals surface area contributed by atoms with Crippen molar-refractivity contribution in [2.45, 2.75) is 52.5 Å². The molecular weight excluding hydrogens is 198 g/mol. The Labute approximate surface area is 90.5 Å². The highest BCUT2D eigenvalue weighted by Crippen LogP contribution is 2.21. The van der Waals surface area contributed by atoms with Crippen LogP contribution in [0.4, 0.5) is 0 Å². The number of hydrogen-bond donors (Lipinski definition) is 0. The monoisotopic (exact) mass is 215 g/mol. The summed E-state index contributed by atoms with van der Waals surface area (Å²) >= 11 is 5.99. The highest BCUT2D eigenvalue weighted by atomic mass is 35.5. The van der Waals surface area contributed by atoms with E-state index in [0.29, 0.717) is 11.3 Å². The maximum Gasteiger partial charge on any atom is 0.225 e. The molecule has 0 fully saturated rings. The Balaban J connectivity index is 2.76. The summed E-state index contributed by atoms with van der Waals surface area (Å²) in [6, 6.07) is 0.410. The van der Waals surface area contributed by atoms with Crippen LogP contribution in [0.2, 0.25) is 5.28 Å². The molecule has 4 heteroatoms. The number of nitrogens with zero attached hydrogens (tertiary/aromatic N) is 3. The Hall–Kier alpha value is -0.570. The highest BCUT2D eigenvalue weighted by Gasteiger charge is 2.13. The average Bonchev–Trinajstić information content (AvgIpc) is 2.56. The van der Waals surface area contributed by atoms with Crippen molar-refractivity contribution in [3.8, 4) is 0 Å². The predicted octanol–water partition coefficient (Wildman–Crippen LogP) is 3.25. The molecule has 1 rings (SSSR count). The summed E-state index contributed by atoms with van der Waals surface area (Å²) in [4.78, 5) is 0. The standard InChI is InChI=1S/C10H18ClN3/c1-4-6-7-8(3)14-9(5-2)12-13-10(14)11/h8H,4-7H2,1-3H3. The van der Waals surface area contributed by atoms with Gasteiger partial charge in [0.1, 0.15) is 5.82 Å². The highest BCUT2D eigenvalue weighted by molar-refractivity contribution is 6.28. The minimum absolute atomic E-state index is 0.410. The predicted molar refractivity (Wildman–Crippen MR) is 58.6 cm³/mol. The first kappa shape index (κ1) is 11.5. The summed E-state index contributed by atoms with van der Waals surface area (Å²) in [7, 11) is 0. The first-order valence-electron chi connectivity index (χ1n) is 5.29. The smallest absolute Gasteiger partial charge is 0.225 e. The van der Waals surface area contributed by atoms with Crippen molar-refractivity contribution >= 4 is 11.6 Å². The molecule has 0 aromatic carbocycles. The van der Waals surface area contributed by atoms with Crippen LogP contribution in [0.1, 0.15) is 51.9 Å². The summed E-state index contributed by atoms with van der Waals surface area (Å²) in [6.45, 7) is 6.44. The van der Waals surface area contributed by atoms with Crippen molar-refractivity contribution in [1.82, 2.24) is 14.8 Å². The molecule has 0 radical (unpaired) electrons.